The first-order valence-corrected chi connectivity index (χ1v) is 7.64. The third-order valence-corrected chi connectivity index (χ3v) is 3.75. The van der Waals surface area contributed by atoms with Gasteiger partial charge < -0.3 is 0 Å². The normalized spacial score (nSPS) is 10.9. The van der Waals surface area contributed by atoms with Crippen molar-refractivity contribution in [2.24, 2.45) is 5.92 Å². The van der Waals surface area contributed by atoms with Crippen molar-refractivity contribution in [1.82, 2.24) is 0 Å². The zero-order valence-electron chi connectivity index (χ0n) is 13.4. The molecule has 2 aromatic carbocycles. The molecule has 21 heavy (non-hydrogen) atoms. The van der Waals surface area contributed by atoms with Gasteiger partial charge in [0.05, 0.1) is 0 Å². The number of hydrogen-bond acceptors (Lipinski definition) is 1. The van der Waals surface area contributed by atoms with E-state index in [4.69, 9.17) is 0 Å². The molecular weight excluding hydrogens is 256 g/mol. The maximum absolute atomic E-state index is 12.5. The molecule has 2 rings (SSSR count). The molecule has 0 aliphatic rings. The van der Waals surface area contributed by atoms with Gasteiger partial charge in [0.1, 0.15) is 0 Å². The zero-order chi connectivity index (χ0) is 15.4. The van der Waals surface area contributed by atoms with Gasteiger partial charge >= 0.3 is 0 Å². The molecule has 1 heteroatoms. The van der Waals surface area contributed by atoms with Crippen molar-refractivity contribution >= 4 is 5.78 Å². The highest BCUT2D eigenvalue weighted by Crippen LogP contribution is 2.16. The number of rotatable bonds is 5. The van der Waals surface area contributed by atoms with Crippen LogP contribution in [0, 0.1) is 19.8 Å². The molecule has 0 heterocycles. The van der Waals surface area contributed by atoms with Crippen LogP contribution in [0.5, 0.6) is 0 Å². The van der Waals surface area contributed by atoms with Crippen LogP contribution >= 0.6 is 0 Å². The molecule has 0 atom stereocenters. The summed E-state index contributed by atoms with van der Waals surface area (Å²) in [5.41, 5.74) is 5.60. The minimum atomic E-state index is 0.203. The summed E-state index contributed by atoms with van der Waals surface area (Å²) in [5, 5.41) is 0. The van der Waals surface area contributed by atoms with Crippen molar-refractivity contribution in [3.05, 3.63) is 70.3 Å². The minimum Gasteiger partial charge on any atom is -0.294 e. The van der Waals surface area contributed by atoms with E-state index in [1.54, 1.807) is 0 Å². The molecule has 0 aromatic heterocycles. The van der Waals surface area contributed by atoms with Crippen LogP contribution in [0.25, 0.3) is 0 Å². The Kier molecular flexibility index (Phi) is 4.95. The van der Waals surface area contributed by atoms with Gasteiger partial charge in [-0.3, -0.25) is 4.79 Å². The smallest absolute Gasteiger partial charge is 0.167 e. The van der Waals surface area contributed by atoms with Crippen molar-refractivity contribution in [1.29, 1.82) is 0 Å². The van der Waals surface area contributed by atoms with E-state index < -0.39 is 0 Å². The number of ketones is 1. The summed E-state index contributed by atoms with van der Waals surface area (Å²) >= 11 is 0. The molecule has 0 bridgehead atoms. The third-order valence-electron chi connectivity index (χ3n) is 3.75. The maximum atomic E-state index is 12.5. The predicted molar refractivity (Wildman–Crippen MR) is 88.9 cm³/mol. The summed E-state index contributed by atoms with van der Waals surface area (Å²) < 4.78 is 0. The van der Waals surface area contributed by atoms with E-state index >= 15 is 0 Å². The average molecular weight is 280 g/mol. The van der Waals surface area contributed by atoms with Crippen molar-refractivity contribution < 1.29 is 4.79 Å². The van der Waals surface area contributed by atoms with E-state index in [1.165, 1.54) is 16.7 Å². The van der Waals surface area contributed by atoms with Crippen molar-refractivity contribution in [3.63, 3.8) is 0 Å². The van der Waals surface area contributed by atoms with Gasteiger partial charge in [0.25, 0.3) is 0 Å². The molecule has 0 aliphatic carbocycles. The molecule has 0 radical (unpaired) electrons. The summed E-state index contributed by atoms with van der Waals surface area (Å²) in [6, 6.07) is 14.4. The van der Waals surface area contributed by atoms with Crippen LogP contribution in [-0.2, 0) is 12.8 Å². The van der Waals surface area contributed by atoms with E-state index in [9.17, 15) is 4.79 Å². The van der Waals surface area contributed by atoms with E-state index in [1.807, 2.05) is 18.2 Å². The lowest BCUT2D eigenvalue weighted by atomic mass is 9.95. The predicted octanol–water partition coefficient (Wildman–Crippen LogP) is 4.93. The van der Waals surface area contributed by atoms with Gasteiger partial charge in [-0.2, -0.15) is 0 Å². The quantitative estimate of drug-likeness (QED) is 0.710. The number of aryl methyl sites for hydroxylation is 2. The number of Topliss-reactive ketones (excluding diaryl/α,β-unsaturated/α-hetero) is 1. The van der Waals surface area contributed by atoms with Gasteiger partial charge in [-0.25, -0.2) is 0 Å². The van der Waals surface area contributed by atoms with Crippen LogP contribution in [0.4, 0.5) is 0 Å². The molecule has 2 aromatic rings. The Morgan fingerprint density at radius 3 is 2.52 bits per heavy atom. The van der Waals surface area contributed by atoms with Crippen molar-refractivity contribution in [3.8, 4) is 0 Å². The fourth-order valence-corrected chi connectivity index (χ4v) is 2.61. The first-order chi connectivity index (χ1) is 9.95. The summed E-state index contributed by atoms with van der Waals surface area (Å²) in [4.78, 5) is 12.5. The molecule has 1 nitrogen and oxygen atoms in total. The number of carbonyl (C=O) groups is 1. The molecule has 110 valence electrons. The standard InChI is InChI=1S/C20H24O/c1-14(2)10-17-6-5-7-18(12-17)20(21)13-19-11-15(3)8-9-16(19)4/h5-9,11-12,14H,10,13H2,1-4H3. The Morgan fingerprint density at radius 1 is 1.05 bits per heavy atom. The lowest BCUT2D eigenvalue weighted by Crippen LogP contribution is -2.06. The van der Waals surface area contributed by atoms with Crippen LogP contribution in [0.2, 0.25) is 0 Å². The highest BCUT2D eigenvalue weighted by molar-refractivity contribution is 5.97. The highest BCUT2D eigenvalue weighted by atomic mass is 16.1. The fourth-order valence-electron chi connectivity index (χ4n) is 2.61. The lowest BCUT2D eigenvalue weighted by molar-refractivity contribution is 0.0992. The number of benzene rings is 2. The van der Waals surface area contributed by atoms with E-state index in [2.05, 4.69) is 52.0 Å². The van der Waals surface area contributed by atoms with Crippen LogP contribution in [0.15, 0.2) is 42.5 Å². The molecule has 0 unspecified atom stereocenters. The topological polar surface area (TPSA) is 17.1 Å². The molecule has 0 aliphatic heterocycles. The van der Waals surface area contributed by atoms with Crippen molar-refractivity contribution in [2.45, 2.75) is 40.5 Å². The lowest BCUT2D eigenvalue weighted by Gasteiger charge is -2.09. The SMILES string of the molecule is Cc1ccc(C)c(CC(=O)c2cccc(CC(C)C)c2)c1. The van der Waals surface area contributed by atoms with Gasteiger partial charge in [-0.1, -0.05) is 55.8 Å². The van der Waals surface area contributed by atoms with Crippen LogP contribution in [0.3, 0.4) is 0 Å². The van der Waals surface area contributed by atoms with Gasteiger partial charge in [0.2, 0.25) is 0 Å². The highest BCUT2D eigenvalue weighted by Gasteiger charge is 2.10. The summed E-state index contributed by atoms with van der Waals surface area (Å²) in [6.07, 6.45) is 1.50. The molecule has 0 saturated heterocycles. The first kappa shape index (κ1) is 15.5. The fraction of sp³-hybridized carbons (Fsp3) is 0.350. The number of hydrogen-bond donors (Lipinski definition) is 0. The third kappa shape index (κ3) is 4.29. The second-order valence-corrected chi connectivity index (χ2v) is 6.33. The second-order valence-electron chi connectivity index (χ2n) is 6.33. The molecule has 0 N–H and O–H groups in total. The van der Waals surface area contributed by atoms with Crippen molar-refractivity contribution in [2.75, 3.05) is 0 Å². The van der Waals surface area contributed by atoms with E-state index in [-0.39, 0.29) is 5.78 Å². The van der Waals surface area contributed by atoms with Crippen LogP contribution in [0.1, 0.15) is 46.5 Å². The Labute approximate surface area is 128 Å². The Bertz CT molecular complexity index is 638. The molecule has 0 amide bonds. The van der Waals surface area contributed by atoms with Gasteiger partial charge in [-0.05, 0) is 48.9 Å². The molecular formula is C20H24O. The average Bonchev–Trinajstić information content (AvgIpc) is 2.42. The van der Waals surface area contributed by atoms with Gasteiger partial charge in [0, 0.05) is 12.0 Å². The minimum absolute atomic E-state index is 0.203. The molecule has 0 saturated carbocycles. The summed E-state index contributed by atoms with van der Waals surface area (Å²) in [5.74, 6) is 0.809. The molecule has 0 spiro atoms. The van der Waals surface area contributed by atoms with E-state index in [0.717, 1.165) is 17.5 Å². The Morgan fingerprint density at radius 2 is 1.81 bits per heavy atom. The maximum Gasteiger partial charge on any atom is 0.167 e. The second kappa shape index (κ2) is 6.71. The Balaban J connectivity index is 2.18. The zero-order valence-corrected chi connectivity index (χ0v) is 13.4. The van der Waals surface area contributed by atoms with Crippen LogP contribution < -0.4 is 0 Å². The summed E-state index contributed by atoms with van der Waals surface area (Å²) in [7, 11) is 0. The largest absolute Gasteiger partial charge is 0.294 e. The van der Waals surface area contributed by atoms with Crippen LogP contribution in [-0.4, -0.2) is 5.78 Å². The van der Waals surface area contributed by atoms with Gasteiger partial charge in [0.15, 0.2) is 5.78 Å². The Hall–Kier alpha value is -1.89. The van der Waals surface area contributed by atoms with Gasteiger partial charge in [-0.15, -0.1) is 0 Å². The molecule has 0 fully saturated rings. The first-order valence-electron chi connectivity index (χ1n) is 7.64. The monoisotopic (exact) mass is 280 g/mol. The summed E-state index contributed by atoms with van der Waals surface area (Å²) in [6.45, 7) is 8.53. The van der Waals surface area contributed by atoms with E-state index in [0.29, 0.717) is 12.3 Å². The number of carbonyl (C=O) groups excluding carboxylic acids is 1.